The highest BCUT2D eigenvalue weighted by molar-refractivity contribution is 9.10. The van der Waals surface area contributed by atoms with Crippen LogP contribution < -0.4 is 10.5 Å². The van der Waals surface area contributed by atoms with Gasteiger partial charge in [-0.15, -0.1) is 5.10 Å². The van der Waals surface area contributed by atoms with Crippen molar-refractivity contribution in [3.63, 3.8) is 0 Å². The number of nitrogens with zero attached hydrogens (tertiary/aromatic N) is 2. The van der Waals surface area contributed by atoms with E-state index in [0.29, 0.717) is 22.5 Å². The Hall–Kier alpha value is -1.50. The van der Waals surface area contributed by atoms with E-state index in [1.165, 1.54) is 17.3 Å². The second-order valence-electron chi connectivity index (χ2n) is 4.70. The van der Waals surface area contributed by atoms with Gasteiger partial charge in [-0.25, -0.2) is 0 Å². The van der Waals surface area contributed by atoms with Gasteiger partial charge >= 0.3 is 0 Å². The maximum absolute atomic E-state index is 6.19. The van der Waals surface area contributed by atoms with Gasteiger partial charge in [0.15, 0.2) is 10.9 Å². The highest BCUT2D eigenvalue weighted by atomic mass is 79.9. The molecule has 2 aromatic rings. The number of thioether (sulfide) groups is 1. The van der Waals surface area contributed by atoms with Crippen LogP contribution in [0.3, 0.4) is 0 Å². The van der Waals surface area contributed by atoms with Crippen LogP contribution in [0.1, 0.15) is 18.1 Å². The lowest BCUT2D eigenvalue weighted by molar-refractivity contribution is 0.338. The molecular formula is C17H17BrClN3OS. The fraction of sp³-hybridized carbons (Fsp3) is 0.176. The predicted octanol–water partition coefficient (Wildman–Crippen LogP) is 5.08. The van der Waals surface area contributed by atoms with Crippen LogP contribution in [0.2, 0.25) is 5.02 Å². The van der Waals surface area contributed by atoms with Crippen molar-refractivity contribution in [2.24, 2.45) is 15.9 Å². The third kappa shape index (κ3) is 5.85. The third-order valence-corrected chi connectivity index (χ3v) is 4.63. The minimum absolute atomic E-state index is 0.409. The van der Waals surface area contributed by atoms with Gasteiger partial charge in [0.25, 0.3) is 0 Å². The molecule has 0 bridgehead atoms. The molecule has 0 saturated carbocycles. The van der Waals surface area contributed by atoms with Crippen LogP contribution >= 0.6 is 39.3 Å². The molecule has 24 heavy (non-hydrogen) atoms. The summed E-state index contributed by atoms with van der Waals surface area (Å²) in [6, 6.07) is 13.7. The molecular weight excluding hydrogens is 410 g/mol. The van der Waals surface area contributed by atoms with Crippen molar-refractivity contribution in [2.75, 3.05) is 6.61 Å². The molecule has 0 aliphatic heterocycles. The van der Waals surface area contributed by atoms with Crippen molar-refractivity contribution in [2.45, 2.75) is 12.7 Å². The van der Waals surface area contributed by atoms with E-state index in [-0.39, 0.29) is 0 Å². The molecule has 0 atom stereocenters. The first kappa shape index (κ1) is 18.8. The Morgan fingerprint density at radius 3 is 2.75 bits per heavy atom. The number of halogens is 2. The zero-order valence-corrected chi connectivity index (χ0v) is 16.2. The van der Waals surface area contributed by atoms with Crippen molar-refractivity contribution in [3.8, 4) is 5.75 Å². The van der Waals surface area contributed by atoms with Gasteiger partial charge in [-0.05, 0) is 46.1 Å². The quantitative estimate of drug-likeness (QED) is 0.398. The van der Waals surface area contributed by atoms with Crippen molar-refractivity contribution in [1.82, 2.24) is 0 Å². The molecule has 0 amide bonds. The Labute approximate surface area is 159 Å². The van der Waals surface area contributed by atoms with Gasteiger partial charge in [0.2, 0.25) is 0 Å². The lowest BCUT2D eigenvalue weighted by atomic mass is 10.2. The van der Waals surface area contributed by atoms with E-state index in [1.54, 1.807) is 12.3 Å². The van der Waals surface area contributed by atoms with Crippen LogP contribution in [0.15, 0.2) is 57.1 Å². The first-order chi connectivity index (χ1) is 11.6. The van der Waals surface area contributed by atoms with Crippen molar-refractivity contribution in [3.05, 3.63) is 63.1 Å². The van der Waals surface area contributed by atoms with Crippen LogP contribution in [0, 0.1) is 0 Å². The van der Waals surface area contributed by atoms with E-state index in [4.69, 9.17) is 22.1 Å². The summed E-state index contributed by atoms with van der Waals surface area (Å²) in [6.07, 6.45) is 1.60. The lowest BCUT2D eigenvalue weighted by Gasteiger charge is -2.08. The fourth-order valence-corrected chi connectivity index (χ4v) is 3.45. The zero-order valence-electron chi connectivity index (χ0n) is 13.1. The topological polar surface area (TPSA) is 60.0 Å². The minimum atomic E-state index is 0.409. The molecule has 0 aliphatic rings. The summed E-state index contributed by atoms with van der Waals surface area (Å²) in [5.74, 6) is 1.38. The molecule has 0 saturated heterocycles. The van der Waals surface area contributed by atoms with Crippen LogP contribution in [-0.2, 0) is 5.75 Å². The van der Waals surface area contributed by atoms with Gasteiger partial charge in [-0.3, -0.25) is 0 Å². The molecule has 4 nitrogen and oxygen atoms in total. The predicted molar refractivity (Wildman–Crippen MR) is 107 cm³/mol. The maximum Gasteiger partial charge on any atom is 0.180 e. The van der Waals surface area contributed by atoms with E-state index in [0.717, 1.165) is 15.8 Å². The molecule has 0 radical (unpaired) electrons. The average Bonchev–Trinajstić information content (AvgIpc) is 2.57. The summed E-state index contributed by atoms with van der Waals surface area (Å²) in [4.78, 5) is 0. The lowest BCUT2D eigenvalue weighted by Crippen LogP contribution is -2.06. The standard InChI is InChI=1S/C17H17BrClN3OS/c1-2-23-16-14(18)8-13(9-15(16)19)10-21-22-17(20)24-11-12-6-4-3-5-7-12/h3-10H,2,11H2,1H3,(H2,20,22). The fourth-order valence-electron chi connectivity index (χ4n) is 1.85. The Balaban J connectivity index is 1.97. The van der Waals surface area contributed by atoms with Crippen LogP contribution in [0.5, 0.6) is 5.75 Å². The van der Waals surface area contributed by atoms with Crippen molar-refractivity contribution < 1.29 is 4.74 Å². The van der Waals surface area contributed by atoms with Crippen LogP contribution in [-0.4, -0.2) is 18.0 Å². The molecule has 0 aromatic heterocycles. The normalized spacial score (nSPS) is 11.9. The van der Waals surface area contributed by atoms with Gasteiger partial charge in [-0.2, -0.15) is 5.10 Å². The third-order valence-electron chi connectivity index (χ3n) is 2.90. The highest BCUT2D eigenvalue weighted by Gasteiger charge is 2.07. The molecule has 0 unspecified atom stereocenters. The maximum atomic E-state index is 6.19. The molecule has 2 rings (SSSR count). The van der Waals surface area contributed by atoms with Crippen LogP contribution in [0.4, 0.5) is 0 Å². The first-order valence-corrected chi connectivity index (χ1v) is 9.41. The second-order valence-corrected chi connectivity index (χ2v) is 6.96. The number of nitrogens with two attached hydrogens (primary N) is 1. The minimum Gasteiger partial charge on any atom is -0.491 e. The van der Waals surface area contributed by atoms with E-state index in [9.17, 15) is 0 Å². The summed E-state index contributed by atoms with van der Waals surface area (Å²) >= 11 is 11.1. The number of hydrogen-bond donors (Lipinski definition) is 1. The van der Waals surface area contributed by atoms with Gasteiger partial charge in [0.05, 0.1) is 22.3 Å². The Kier molecular flexibility index (Phi) is 7.62. The smallest absolute Gasteiger partial charge is 0.180 e. The highest BCUT2D eigenvalue weighted by Crippen LogP contribution is 2.34. The summed E-state index contributed by atoms with van der Waals surface area (Å²) in [6.45, 7) is 2.45. The second kappa shape index (κ2) is 9.71. The average molecular weight is 427 g/mol. The SMILES string of the molecule is CCOc1c(Cl)cc(C=NN=C(N)SCc2ccccc2)cc1Br. The number of benzene rings is 2. The molecule has 2 N–H and O–H groups in total. The molecule has 126 valence electrons. The number of ether oxygens (including phenoxy) is 1. The summed E-state index contributed by atoms with van der Waals surface area (Å²) in [7, 11) is 0. The van der Waals surface area contributed by atoms with E-state index >= 15 is 0 Å². The molecule has 0 spiro atoms. The number of hydrogen-bond acceptors (Lipinski definition) is 4. The monoisotopic (exact) mass is 425 g/mol. The summed E-state index contributed by atoms with van der Waals surface area (Å²) < 4.78 is 6.24. The van der Waals surface area contributed by atoms with Gasteiger partial charge in [0.1, 0.15) is 0 Å². The van der Waals surface area contributed by atoms with Crippen molar-refractivity contribution in [1.29, 1.82) is 0 Å². The Morgan fingerprint density at radius 1 is 1.33 bits per heavy atom. The number of amidine groups is 1. The van der Waals surface area contributed by atoms with Gasteiger partial charge in [0, 0.05) is 5.75 Å². The molecule has 0 fully saturated rings. The first-order valence-electron chi connectivity index (χ1n) is 7.25. The van der Waals surface area contributed by atoms with Gasteiger partial charge < -0.3 is 10.5 Å². The molecule has 0 aliphatic carbocycles. The summed E-state index contributed by atoms with van der Waals surface area (Å²) in [5, 5.41) is 8.92. The van der Waals surface area contributed by atoms with Gasteiger partial charge in [-0.1, -0.05) is 53.7 Å². The molecule has 0 heterocycles. The van der Waals surface area contributed by atoms with E-state index in [2.05, 4.69) is 26.1 Å². The Morgan fingerprint density at radius 2 is 2.08 bits per heavy atom. The van der Waals surface area contributed by atoms with E-state index < -0.39 is 0 Å². The number of rotatable bonds is 6. The Bertz CT molecular complexity index is 715. The molecule has 7 heteroatoms. The van der Waals surface area contributed by atoms with Crippen LogP contribution in [0.25, 0.3) is 0 Å². The summed E-state index contributed by atoms with van der Waals surface area (Å²) in [5.41, 5.74) is 7.85. The largest absolute Gasteiger partial charge is 0.491 e. The zero-order chi connectivity index (χ0) is 17.4. The van der Waals surface area contributed by atoms with E-state index in [1.807, 2.05) is 43.3 Å². The molecule has 2 aromatic carbocycles. The van der Waals surface area contributed by atoms with Crippen molar-refractivity contribution >= 4 is 50.7 Å².